The molecule has 1 aliphatic rings. The molecule has 0 aromatic heterocycles. The smallest absolute Gasteiger partial charge is 0.155 e. The number of amidine groups is 1. The van der Waals surface area contributed by atoms with Gasteiger partial charge in [0.15, 0.2) is 5.84 Å². The quantitative estimate of drug-likeness (QED) is 0.621. The molecule has 0 fully saturated rings. The van der Waals surface area contributed by atoms with Gasteiger partial charge in [-0.2, -0.15) is 0 Å². The molecular formula is C22H28N2. The molecule has 2 nitrogen and oxygen atoms in total. The standard InChI is InChI=1S/C22H28N2/c1-7-18(9-8-15(2)3)21-14-23-22(24-21)20-11-10-19(12-16(4)5)17(6)13-20/h7-11,13,16H,1,12,14H2,2-6H3/b18-9+. The van der Waals surface area contributed by atoms with Crippen molar-refractivity contribution in [3.63, 3.8) is 0 Å². The van der Waals surface area contributed by atoms with E-state index in [9.17, 15) is 0 Å². The lowest BCUT2D eigenvalue weighted by Gasteiger charge is -2.10. The minimum Gasteiger partial charge on any atom is -0.260 e. The highest BCUT2D eigenvalue weighted by atomic mass is 15.0. The number of nitrogens with zero attached hydrogens (tertiary/aromatic N) is 2. The molecule has 2 rings (SSSR count). The molecule has 2 heteroatoms. The van der Waals surface area contributed by atoms with Crippen LogP contribution in [0.5, 0.6) is 0 Å². The molecule has 0 saturated carbocycles. The number of aliphatic imine (C=N–C) groups is 2. The SMILES string of the molecule is C=C/C(=C\C=C(C)C)C1=NC(c2ccc(CC(C)C)c(C)c2)=NC1. The Labute approximate surface area is 146 Å². The zero-order valence-corrected chi connectivity index (χ0v) is 15.6. The van der Waals surface area contributed by atoms with Gasteiger partial charge in [-0.15, -0.1) is 0 Å². The van der Waals surface area contributed by atoms with Crippen LogP contribution in [0, 0.1) is 12.8 Å². The van der Waals surface area contributed by atoms with Gasteiger partial charge in [-0.3, -0.25) is 4.99 Å². The van der Waals surface area contributed by atoms with Gasteiger partial charge in [-0.05, 0) is 55.9 Å². The first-order valence-corrected chi connectivity index (χ1v) is 8.60. The first-order chi connectivity index (χ1) is 11.4. The van der Waals surface area contributed by atoms with E-state index in [0.29, 0.717) is 12.5 Å². The normalized spacial score (nSPS) is 14.5. The Hall–Kier alpha value is -2.22. The summed E-state index contributed by atoms with van der Waals surface area (Å²) >= 11 is 0. The summed E-state index contributed by atoms with van der Waals surface area (Å²) < 4.78 is 0. The average Bonchev–Trinajstić information content (AvgIpc) is 2.99. The van der Waals surface area contributed by atoms with E-state index < -0.39 is 0 Å². The second-order valence-corrected chi connectivity index (χ2v) is 7.01. The van der Waals surface area contributed by atoms with Gasteiger partial charge in [0.2, 0.25) is 0 Å². The van der Waals surface area contributed by atoms with Crippen LogP contribution in [-0.4, -0.2) is 18.1 Å². The van der Waals surface area contributed by atoms with Gasteiger partial charge in [-0.25, -0.2) is 4.99 Å². The third-order valence-corrected chi connectivity index (χ3v) is 4.00. The number of hydrogen-bond acceptors (Lipinski definition) is 2. The molecule has 0 spiro atoms. The third-order valence-electron chi connectivity index (χ3n) is 4.00. The van der Waals surface area contributed by atoms with Gasteiger partial charge in [0.25, 0.3) is 0 Å². The maximum absolute atomic E-state index is 4.74. The van der Waals surface area contributed by atoms with Gasteiger partial charge < -0.3 is 0 Å². The van der Waals surface area contributed by atoms with Crippen molar-refractivity contribution in [3.8, 4) is 0 Å². The molecule has 0 unspecified atom stereocenters. The minimum atomic E-state index is 0.622. The predicted molar refractivity (Wildman–Crippen MR) is 106 cm³/mol. The van der Waals surface area contributed by atoms with Crippen LogP contribution in [-0.2, 0) is 6.42 Å². The molecule has 1 aromatic rings. The number of hydrogen-bond donors (Lipinski definition) is 0. The van der Waals surface area contributed by atoms with E-state index in [1.54, 1.807) is 0 Å². The fourth-order valence-corrected chi connectivity index (χ4v) is 2.70. The van der Waals surface area contributed by atoms with Crippen LogP contribution in [0.15, 0.2) is 64.1 Å². The Morgan fingerprint density at radius 3 is 2.58 bits per heavy atom. The lowest BCUT2D eigenvalue weighted by Crippen LogP contribution is -2.02. The van der Waals surface area contributed by atoms with Crippen molar-refractivity contribution in [1.29, 1.82) is 0 Å². The first kappa shape index (κ1) is 18.1. The molecule has 126 valence electrons. The van der Waals surface area contributed by atoms with E-state index >= 15 is 0 Å². The van der Waals surface area contributed by atoms with Crippen molar-refractivity contribution in [2.75, 3.05) is 6.54 Å². The number of aryl methyl sites for hydroxylation is 1. The molecule has 0 radical (unpaired) electrons. The largest absolute Gasteiger partial charge is 0.260 e. The molecule has 0 bridgehead atoms. The zero-order valence-electron chi connectivity index (χ0n) is 15.6. The predicted octanol–water partition coefficient (Wildman–Crippen LogP) is 5.47. The van der Waals surface area contributed by atoms with Crippen molar-refractivity contribution in [2.45, 2.75) is 41.0 Å². The Balaban J connectivity index is 2.24. The Morgan fingerprint density at radius 1 is 1.25 bits per heavy atom. The lowest BCUT2D eigenvalue weighted by molar-refractivity contribution is 0.645. The van der Waals surface area contributed by atoms with Gasteiger partial charge in [0.05, 0.1) is 12.3 Å². The maximum atomic E-state index is 4.74. The number of benzene rings is 1. The van der Waals surface area contributed by atoms with Crippen molar-refractivity contribution in [3.05, 3.63) is 70.8 Å². The van der Waals surface area contributed by atoms with Gasteiger partial charge >= 0.3 is 0 Å². The van der Waals surface area contributed by atoms with Crippen LogP contribution in [0.2, 0.25) is 0 Å². The van der Waals surface area contributed by atoms with Crippen LogP contribution < -0.4 is 0 Å². The highest BCUT2D eigenvalue weighted by Gasteiger charge is 2.15. The van der Waals surface area contributed by atoms with Gasteiger partial charge in [0, 0.05) is 5.56 Å². The van der Waals surface area contributed by atoms with Crippen LogP contribution in [0.25, 0.3) is 0 Å². The van der Waals surface area contributed by atoms with Gasteiger partial charge in [0.1, 0.15) is 0 Å². The van der Waals surface area contributed by atoms with E-state index in [4.69, 9.17) is 4.99 Å². The highest BCUT2D eigenvalue weighted by molar-refractivity contribution is 6.18. The molecule has 0 atom stereocenters. The van der Waals surface area contributed by atoms with Crippen LogP contribution in [0.3, 0.4) is 0 Å². The topological polar surface area (TPSA) is 24.7 Å². The zero-order chi connectivity index (χ0) is 17.7. The summed E-state index contributed by atoms with van der Waals surface area (Å²) in [5, 5.41) is 0. The lowest BCUT2D eigenvalue weighted by atomic mass is 9.97. The molecule has 24 heavy (non-hydrogen) atoms. The third kappa shape index (κ3) is 4.64. The van der Waals surface area contributed by atoms with Crippen molar-refractivity contribution >= 4 is 11.5 Å². The van der Waals surface area contributed by atoms with E-state index in [0.717, 1.165) is 29.1 Å². The Kier molecular flexibility index (Phi) is 6.08. The first-order valence-electron chi connectivity index (χ1n) is 8.60. The summed E-state index contributed by atoms with van der Waals surface area (Å²) in [5.41, 5.74) is 7.11. The number of rotatable bonds is 6. The second-order valence-electron chi connectivity index (χ2n) is 7.01. The van der Waals surface area contributed by atoms with E-state index in [1.165, 1.54) is 16.7 Å². The van der Waals surface area contributed by atoms with Crippen LogP contribution >= 0.6 is 0 Å². The van der Waals surface area contributed by atoms with Gasteiger partial charge in [-0.1, -0.05) is 56.4 Å². The summed E-state index contributed by atoms with van der Waals surface area (Å²) in [7, 11) is 0. The summed E-state index contributed by atoms with van der Waals surface area (Å²) in [5.74, 6) is 1.49. The molecule has 0 saturated heterocycles. The average molecular weight is 320 g/mol. The van der Waals surface area contributed by atoms with Crippen LogP contribution in [0.4, 0.5) is 0 Å². The Bertz CT molecular complexity index is 739. The molecule has 0 amide bonds. The van der Waals surface area contributed by atoms with E-state index in [2.05, 4.69) is 76.5 Å². The van der Waals surface area contributed by atoms with Crippen molar-refractivity contribution < 1.29 is 0 Å². The molecule has 0 aliphatic carbocycles. The Morgan fingerprint density at radius 2 is 2.00 bits per heavy atom. The summed E-state index contributed by atoms with van der Waals surface area (Å²) in [6.07, 6.45) is 7.12. The fraction of sp³-hybridized carbons (Fsp3) is 0.364. The summed E-state index contributed by atoms with van der Waals surface area (Å²) in [4.78, 5) is 9.36. The molecule has 0 N–H and O–H groups in total. The second kappa shape index (κ2) is 8.05. The maximum Gasteiger partial charge on any atom is 0.155 e. The van der Waals surface area contributed by atoms with Crippen LogP contribution in [0.1, 0.15) is 44.4 Å². The van der Waals surface area contributed by atoms with Crippen molar-refractivity contribution in [2.24, 2.45) is 15.9 Å². The highest BCUT2D eigenvalue weighted by Crippen LogP contribution is 2.19. The van der Waals surface area contributed by atoms with E-state index in [-0.39, 0.29) is 0 Å². The molecule has 1 aliphatic heterocycles. The van der Waals surface area contributed by atoms with Crippen molar-refractivity contribution in [1.82, 2.24) is 0 Å². The van der Waals surface area contributed by atoms with E-state index in [1.807, 2.05) is 6.08 Å². The fourth-order valence-electron chi connectivity index (χ4n) is 2.70. The minimum absolute atomic E-state index is 0.622. The molecule has 1 heterocycles. The molecular weight excluding hydrogens is 292 g/mol. The summed E-state index contributed by atoms with van der Waals surface area (Å²) in [6, 6.07) is 6.56. The molecule has 1 aromatic carbocycles. The monoisotopic (exact) mass is 320 g/mol. The summed E-state index contributed by atoms with van der Waals surface area (Å²) in [6.45, 7) is 15.4. The number of allylic oxidation sites excluding steroid dienone is 4.